The first-order chi connectivity index (χ1) is 17.1. The van der Waals surface area contributed by atoms with Crippen molar-refractivity contribution in [1.82, 2.24) is 20.2 Å². The van der Waals surface area contributed by atoms with Gasteiger partial charge in [-0.05, 0) is 30.5 Å². The molecule has 0 aliphatic carbocycles. The number of aliphatic hydroxyl groups is 1. The molecule has 4 rings (SSSR count). The Morgan fingerprint density at radius 2 is 2.00 bits per heavy atom. The number of nitrogens with zero attached hydrogens (tertiary/aromatic N) is 4. The fraction of sp³-hybridized carbons (Fsp3) is 0.600. The number of rotatable bonds is 11. The third kappa shape index (κ3) is 7.17. The second kappa shape index (κ2) is 12.3. The average Bonchev–Trinajstić information content (AvgIpc) is 2.90. The molecule has 35 heavy (non-hydrogen) atoms. The topological polar surface area (TPSA) is 104 Å². The van der Waals surface area contributed by atoms with Gasteiger partial charge in [0.2, 0.25) is 0 Å². The minimum Gasteiger partial charge on any atom is -0.493 e. The Morgan fingerprint density at radius 3 is 2.80 bits per heavy atom. The number of nitrogens with one attached hydrogen (secondary N) is 2. The van der Waals surface area contributed by atoms with Crippen LogP contribution in [0.1, 0.15) is 18.4 Å². The summed E-state index contributed by atoms with van der Waals surface area (Å²) in [5.41, 5.74) is 0.253. The monoisotopic (exact) mass is 486 g/mol. The van der Waals surface area contributed by atoms with Gasteiger partial charge in [-0.2, -0.15) is 0 Å². The lowest BCUT2D eigenvalue weighted by molar-refractivity contribution is 0.0258. The average molecular weight is 487 g/mol. The predicted octanol–water partition coefficient (Wildman–Crippen LogP) is 1.36. The highest BCUT2D eigenvalue weighted by atomic mass is 16.5. The fourth-order valence-electron chi connectivity index (χ4n) is 4.60. The molecule has 0 saturated carbocycles. The number of piperidine rings is 1. The Hall–Kier alpha value is -2.66. The zero-order chi connectivity index (χ0) is 24.5. The molecule has 0 amide bonds. The second-order valence-corrected chi connectivity index (χ2v) is 9.15. The third-order valence-electron chi connectivity index (χ3n) is 6.57. The van der Waals surface area contributed by atoms with Gasteiger partial charge in [0.1, 0.15) is 24.6 Å². The van der Waals surface area contributed by atoms with Gasteiger partial charge in [-0.15, -0.1) is 0 Å². The number of benzene rings is 1. The van der Waals surface area contributed by atoms with E-state index in [1.165, 1.54) is 0 Å². The fourth-order valence-corrected chi connectivity index (χ4v) is 4.60. The zero-order valence-corrected chi connectivity index (χ0v) is 20.8. The highest BCUT2D eigenvalue weighted by Crippen LogP contribution is 2.29. The summed E-state index contributed by atoms with van der Waals surface area (Å²) in [7, 11) is 3.50. The van der Waals surface area contributed by atoms with Crippen molar-refractivity contribution in [1.29, 1.82) is 0 Å². The van der Waals surface area contributed by atoms with Crippen LogP contribution in [0.4, 0.5) is 11.6 Å². The molecule has 1 aromatic carbocycles. The van der Waals surface area contributed by atoms with E-state index in [1.807, 2.05) is 31.3 Å². The van der Waals surface area contributed by atoms with E-state index in [2.05, 4.69) is 30.4 Å². The highest BCUT2D eigenvalue weighted by Gasteiger charge is 2.33. The van der Waals surface area contributed by atoms with Crippen molar-refractivity contribution in [3.63, 3.8) is 0 Å². The van der Waals surface area contributed by atoms with Crippen LogP contribution in [-0.4, -0.2) is 98.8 Å². The molecule has 0 spiro atoms. The molecule has 10 nitrogen and oxygen atoms in total. The lowest BCUT2D eigenvalue weighted by Gasteiger charge is -2.40. The largest absolute Gasteiger partial charge is 0.493 e. The van der Waals surface area contributed by atoms with Gasteiger partial charge in [0.05, 0.1) is 25.9 Å². The Morgan fingerprint density at radius 1 is 1.14 bits per heavy atom. The highest BCUT2D eigenvalue weighted by molar-refractivity contribution is 5.48. The quantitative estimate of drug-likeness (QED) is 0.431. The van der Waals surface area contributed by atoms with Crippen LogP contribution in [0.3, 0.4) is 0 Å². The number of hydrogen-bond acceptors (Lipinski definition) is 10. The summed E-state index contributed by atoms with van der Waals surface area (Å²) in [5.74, 6) is 3.07. The van der Waals surface area contributed by atoms with E-state index >= 15 is 0 Å². The molecule has 2 saturated heterocycles. The van der Waals surface area contributed by atoms with Crippen molar-refractivity contribution >= 4 is 11.6 Å². The second-order valence-electron chi connectivity index (χ2n) is 9.15. The summed E-state index contributed by atoms with van der Waals surface area (Å²) in [6.45, 7) is 7.48. The van der Waals surface area contributed by atoms with Crippen molar-refractivity contribution in [2.45, 2.75) is 25.0 Å². The number of hydrogen-bond donors (Lipinski definition) is 3. The first-order valence-corrected chi connectivity index (χ1v) is 12.4. The van der Waals surface area contributed by atoms with Crippen molar-refractivity contribution in [3.05, 3.63) is 36.2 Å². The van der Waals surface area contributed by atoms with Crippen LogP contribution in [0.5, 0.6) is 11.5 Å². The van der Waals surface area contributed by atoms with Crippen molar-refractivity contribution in [3.8, 4) is 11.5 Å². The maximum atomic E-state index is 11.2. The SMILES string of the molecule is CNc1cc(N2CCC[C@](O)(CNCc3ccc(OCCN4CCOCC4)c(OC)c3)C2)ncn1. The number of aromatic nitrogens is 2. The van der Waals surface area contributed by atoms with E-state index in [1.54, 1.807) is 13.4 Å². The number of anilines is 2. The van der Waals surface area contributed by atoms with Gasteiger partial charge in [-0.1, -0.05) is 6.07 Å². The molecule has 3 N–H and O–H groups in total. The number of morpholine rings is 1. The Kier molecular flexibility index (Phi) is 8.97. The summed E-state index contributed by atoms with van der Waals surface area (Å²) in [4.78, 5) is 13.0. The smallest absolute Gasteiger partial charge is 0.161 e. The normalized spacial score (nSPS) is 21.1. The van der Waals surface area contributed by atoms with E-state index in [4.69, 9.17) is 14.2 Å². The van der Waals surface area contributed by atoms with Gasteiger partial charge in [0.25, 0.3) is 0 Å². The molecule has 1 aromatic heterocycles. The summed E-state index contributed by atoms with van der Waals surface area (Å²) in [5, 5.41) is 17.7. The van der Waals surface area contributed by atoms with E-state index in [-0.39, 0.29) is 0 Å². The standard InChI is InChI=1S/C25H38N6O4/c1-26-23-15-24(29-19-28-23)31-7-3-6-25(32,18-31)17-27-16-20-4-5-21(22(14-20)33-2)35-13-10-30-8-11-34-12-9-30/h4-5,14-15,19,27,32H,3,6-13,16-18H2,1-2H3,(H,26,28,29)/t25-/m0/s1. The lowest BCUT2D eigenvalue weighted by atomic mass is 9.92. The summed E-state index contributed by atoms with van der Waals surface area (Å²) >= 11 is 0. The van der Waals surface area contributed by atoms with Gasteiger partial charge in [0, 0.05) is 58.9 Å². The number of ether oxygens (including phenoxy) is 3. The zero-order valence-electron chi connectivity index (χ0n) is 20.8. The van der Waals surface area contributed by atoms with Crippen molar-refractivity contribution in [2.24, 2.45) is 0 Å². The van der Waals surface area contributed by atoms with Crippen LogP contribution < -0.4 is 25.0 Å². The van der Waals surface area contributed by atoms with E-state index in [0.29, 0.717) is 26.2 Å². The molecular weight excluding hydrogens is 448 g/mol. The molecule has 2 aliphatic rings. The van der Waals surface area contributed by atoms with E-state index in [9.17, 15) is 5.11 Å². The molecule has 1 atom stereocenters. The Bertz CT molecular complexity index is 942. The molecule has 0 radical (unpaired) electrons. The maximum absolute atomic E-state index is 11.2. The Labute approximate surface area is 207 Å². The van der Waals surface area contributed by atoms with Crippen LogP contribution in [-0.2, 0) is 11.3 Å². The van der Waals surface area contributed by atoms with Crippen LogP contribution in [0.25, 0.3) is 0 Å². The minimum atomic E-state index is -0.824. The van der Waals surface area contributed by atoms with Crippen LogP contribution in [0.2, 0.25) is 0 Å². The molecule has 2 aromatic rings. The van der Waals surface area contributed by atoms with Gasteiger partial charge >= 0.3 is 0 Å². The van der Waals surface area contributed by atoms with Gasteiger partial charge in [-0.25, -0.2) is 9.97 Å². The summed E-state index contributed by atoms with van der Waals surface area (Å²) in [6.07, 6.45) is 3.21. The van der Waals surface area contributed by atoms with Crippen LogP contribution in [0.15, 0.2) is 30.6 Å². The third-order valence-corrected chi connectivity index (χ3v) is 6.57. The Balaban J connectivity index is 1.26. The molecule has 0 bridgehead atoms. The van der Waals surface area contributed by atoms with Crippen molar-refractivity contribution in [2.75, 3.05) is 83.5 Å². The molecule has 192 valence electrons. The van der Waals surface area contributed by atoms with E-state index < -0.39 is 5.60 Å². The first kappa shape index (κ1) is 25.4. The van der Waals surface area contributed by atoms with E-state index in [0.717, 1.165) is 80.9 Å². The number of β-amino-alcohol motifs (C(OH)–C–C–N with tert-alkyl or cyclic N) is 1. The molecule has 0 unspecified atom stereocenters. The van der Waals surface area contributed by atoms with Gasteiger partial charge in [-0.3, -0.25) is 4.90 Å². The summed E-state index contributed by atoms with van der Waals surface area (Å²) < 4.78 is 16.9. The molecule has 10 heteroatoms. The minimum absolute atomic E-state index is 0.494. The molecule has 3 heterocycles. The van der Waals surface area contributed by atoms with Crippen LogP contribution in [0, 0.1) is 0 Å². The first-order valence-electron chi connectivity index (χ1n) is 12.4. The molecule has 2 fully saturated rings. The van der Waals surface area contributed by atoms with Gasteiger partial charge < -0.3 is 34.9 Å². The lowest BCUT2D eigenvalue weighted by Crippen LogP contribution is -2.53. The number of methoxy groups -OCH3 is 1. The van der Waals surface area contributed by atoms with Crippen molar-refractivity contribution < 1.29 is 19.3 Å². The van der Waals surface area contributed by atoms with Crippen LogP contribution >= 0.6 is 0 Å². The van der Waals surface area contributed by atoms with Gasteiger partial charge in [0.15, 0.2) is 11.5 Å². The predicted molar refractivity (Wildman–Crippen MR) is 135 cm³/mol. The molecular formula is C25H38N6O4. The maximum Gasteiger partial charge on any atom is 0.161 e. The summed E-state index contributed by atoms with van der Waals surface area (Å²) in [6, 6.07) is 7.90. The molecule has 2 aliphatic heterocycles.